The minimum Gasteiger partial charge on any atom is -0.495 e. The quantitative estimate of drug-likeness (QED) is 0.384. The number of hydrogen-bond acceptors (Lipinski definition) is 6. The summed E-state index contributed by atoms with van der Waals surface area (Å²) in [5.41, 5.74) is 1.11. The molecule has 34 heavy (non-hydrogen) atoms. The summed E-state index contributed by atoms with van der Waals surface area (Å²) in [5, 5.41) is 0. The number of hydrogen-bond donors (Lipinski definition) is 0. The van der Waals surface area contributed by atoms with Crippen molar-refractivity contribution in [2.24, 2.45) is 17.8 Å². The van der Waals surface area contributed by atoms with Crippen molar-refractivity contribution < 1.29 is 28.7 Å². The van der Waals surface area contributed by atoms with Crippen LogP contribution in [0.2, 0.25) is 0 Å². The van der Waals surface area contributed by atoms with Crippen LogP contribution in [-0.2, 0) is 19.2 Å². The van der Waals surface area contributed by atoms with Crippen LogP contribution in [0, 0.1) is 17.8 Å². The van der Waals surface area contributed by atoms with Crippen molar-refractivity contribution >= 4 is 35.1 Å². The van der Waals surface area contributed by atoms with Crippen molar-refractivity contribution in [2.45, 2.75) is 32.1 Å². The van der Waals surface area contributed by atoms with Crippen molar-refractivity contribution in [3.05, 3.63) is 48.5 Å². The van der Waals surface area contributed by atoms with Gasteiger partial charge in [0.05, 0.1) is 36.2 Å². The van der Waals surface area contributed by atoms with Gasteiger partial charge in [-0.05, 0) is 49.2 Å². The van der Waals surface area contributed by atoms with Crippen LogP contribution in [0.4, 0.5) is 11.4 Å². The summed E-state index contributed by atoms with van der Waals surface area (Å²) >= 11 is 0. The first kappa shape index (κ1) is 22.1. The molecule has 1 aliphatic carbocycles. The maximum Gasteiger partial charge on any atom is 0.316 e. The number of imide groups is 1. The molecule has 2 aromatic carbocycles. The largest absolute Gasteiger partial charge is 0.495 e. The molecule has 0 N–H and O–H groups in total. The van der Waals surface area contributed by atoms with Gasteiger partial charge >= 0.3 is 5.97 Å². The van der Waals surface area contributed by atoms with Crippen LogP contribution in [-0.4, -0.2) is 37.3 Å². The number of fused-ring (bicyclic) bond motifs is 1. The Morgan fingerprint density at radius 3 is 2.21 bits per heavy atom. The van der Waals surface area contributed by atoms with Gasteiger partial charge in [-0.25, -0.2) is 0 Å². The van der Waals surface area contributed by atoms with Gasteiger partial charge in [-0.15, -0.1) is 0 Å². The summed E-state index contributed by atoms with van der Waals surface area (Å²) in [6.45, 7) is 0.204. The Bertz CT molecular complexity index is 1120. The van der Waals surface area contributed by atoms with E-state index in [-0.39, 0.29) is 42.5 Å². The predicted octanol–water partition coefficient (Wildman–Crippen LogP) is 3.33. The van der Waals surface area contributed by atoms with E-state index in [1.807, 2.05) is 12.1 Å². The van der Waals surface area contributed by atoms with Crippen molar-refractivity contribution in [1.82, 2.24) is 0 Å². The third-order valence-corrected chi connectivity index (χ3v) is 6.99. The van der Waals surface area contributed by atoms with Crippen LogP contribution in [0.15, 0.2) is 48.5 Å². The van der Waals surface area contributed by atoms with Crippen LogP contribution < -0.4 is 19.3 Å². The highest BCUT2D eigenvalue weighted by atomic mass is 16.5. The molecule has 3 aliphatic rings. The van der Waals surface area contributed by atoms with Crippen LogP contribution in [0.3, 0.4) is 0 Å². The molecule has 2 heterocycles. The van der Waals surface area contributed by atoms with Gasteiger partial charge in [0.15, 0.2) is 0 Å². The Hall–Kier alpha value is -3.68. The first-order valence-corrected chi connectivity index (χ1v) is 11.6. The highest BCUT2D eigenvalue weighted by molar-refractivity contribution is 6.22. The van der Waals surface area contributed by atoms with Gasteiger partial charge in [0.1, 0.15) is 11.5 Å². The second-order valence-corrected chi connectivity index (χ2v) is 9.00. The van der Waals surface area contributed by atoms with E-state index in [4.69, 9.17) is 9.47 Å². The number of rotatable bonds is 5. The minimum absolute atomic E-state index is 0.0501. The van der Waals surface area contributed by atoms with E-state index in [0.29, 0.717) is 22.9 Å². The topological polar surface area (TPSA) is 93.2 Å². The van der Waals surface area contributed by atoms with E-state index in [1.165, 1.54) is 16.9 Å². The maximum absolute atomic E-state index is 12.8. The fraction of sp³-hybridized carbons (Fsp3) is 0.385. The molecule has 0 spiro atoms. The van der Waals surface area contributed by atoms with E-state index in [1.54, 1.807) is 36.4 Å². The lowest BCUT2D eigenvalue weighted by Gasteiger charge is -2.19. The second-order valence-electron chi connectivity index (χ2n) is 9.00. The minimum atomic E-state index is -0.609. The van der Waals surface area contributed by atoms with Crippen molar-refractivity contribution in [3.8, 4) is 11.5 Å². The van der Waals surface area contributed by atoms with E-state index < -0.39 is 11.9 Å². The predicted molar refractivity (Wildman–Crippen MR) is 123 cm³/mol. The lowest BCUT2D eigenvalue weighted by Crippen LogP contribution is -2.30. The van der Waals surface area contributed by atoms with Crippen molar-refractivity contribution in [1.29, 1.82) is 0 Å². The maximum atomic E-state index is 12.8. The molecule has 0 radical (unpaired) electrons. The molecule has 2 saturated heterocycles. The zero-order valence-corrected chi connectivity index (χ0v) is 18.9. The van der Waals surface area contributed by atoms with Crippen LogP contribution in [0.25, 0.3) is 0 Å². The highest BCUT2D eigenvalue weighted by Gasteiger charge is 2.48. The molecular formula is C26H26N2O6. The van der Waals surface area contributed by atoms with Gasteiger partial charge in [0, 0.05) is 13.0 Å². The number of nitrogens with zero attached hydrogens (tertiary/aromatic N) is 2. The Labute approximate surface area is 197 Å². The zero-order chi connectivity index (χ0) is 23.8. The fourth-order valence-corrected chi connectivity index (χ4v) is 5.23. The normalized spacial score (nSPS) is 24.4. The van der Waals surface area contributed by atoms with Crippen LogP contribution in [0.5, 0.6) is 11.5 Å². The summed E-state index contributed by atoms with van der Waals surface area (Å²) in [4.78, 5) is 53.7. The number of para-hydroxylation sites is 2. The third kappa shape index (κ3) is 3.83. The van der Waals surface area contributed by atoms with E-state index in [2.05, 4.69) is 0 Å². The Morgan fingerprint density at radius 2 is 1.56 bits per heavy atom. The number of anilines is 2. The number of amides is 3. The molecule has 2 aliphatic heterocycles. The first-order chi connectivity index (χ1) is 16.5. The summed E-state index contributed by atoms with van der Waals surface area (Å²) in [6, 6.07) is 13.6. The molecular weight excluding hydrogens is 436 g/mol. The van der Waals surface area contributed by atoms with Crippen molar-refractivity contribution in [3.63, 3.8) is 0 Å². The molecule has 1 saturated carbocycles. The number of carbonyl (C=O) groups is 4. The number of carbonyl (C=O) groups excluding carboxylic acids is 4. The molecule has 8 heteroatoms. The molecule has 3 amide bonds. The summed E-state index contributed by atoms with van der Waals surface area (Å²) in [6.07, 6.45) is 3.51. The van der Waals surface area contributed by atoms with Crippen LogP contribution in [0.1, 0.15) is 32.1 Å². The molecule has 5 rings (SSSR count). The average molecular weight is 463 g/mol. The standard InChI is InChI=1S/C26H26N2O6/c1-33-22-9-5-4-8-21(22)27-15-16(14-23(27)29)26(32)34-18-12-10-17(11-13-18)28-24(30)19-6-2-3-7-20(19)25(28)31/h4-5,8-13,16,19-20H,2-3,6-7,14-15H2,1H3/t16-,19+,20+/m1/s1. The zero-order valence-electron chi connectivity index (χ0n) is 18.9. The monoisotopic (exact) mass is 462 g/mol. The molecule has 0 unspecified atom stereocenters. The van der Waals surface area contributed by atoms with Gasteiger partial charge < -0.3 is 14.4 Å². The molecule has 0 bridgehead atoms. The average Bonchev–Trinajstić information content (AvgIpc) is 3.37. The van der Waals surface area contributed by atoms with E-state index in [0.717, 1.165) is 25.7 Å². The molecule has 3 fully saturated rings. The third-order valence-electron chi connectivity index (χ3n) is 6.99. The van der Waals surface area contributed by atoms with Crippen LogP contribution >= 0.6 is 0 Å². The first-order valence-electron chi connectivity index (χ1n) is 11.6. The van der Waals surface area contributed by atoms with Gasteiger partial charge in [0.25, 0.3) is 0 Å². The molecule has 2 aromatic rings. The molecule has 176 valence electrons. The summed E-state index contributed by atoms with van der Waals surface area (Å²) in [7, 11) is 1.53. The number of ether oxygens (including phenoxy) is 2. The molecule has 3 atom stereocenters. The highest BCUT2D eigenvalue weighted by Crippen LogP contribution is 2.40. The second kappa shape index (κ2) is 8.93. The lowest BCUT2D eigenvalue weighted by molar-refractivity contribution is -0.139. The number of esters is 1. The fourth-order valence-electron chi connectivity index (χ4n) is 5.23. The molecule has 8 nitrogen and oxygen atoms in total. The lowest BCUT2D eigenvalue weighted by atomic mass is 9.81. The Morgan fingerprint density at radius 1 is 0.912 bits per heavy atom. The van der Waals surface area contributed by atoms with Crippen molar-refractivity contribution in [2.75, 3.05) is 23.5 Å². The van der Waals surface area contributed by atoms with E-state index >= 15 is 0 Å². The molecule has 0 aromatic heterocycles. The summed E-state index contributed by atoms with van der Waals surface area (Å²) in [5.74, 6) is -1.13. The summed E-state index contributed by atoms with van der Waals surface area (Å²) < 4.78 is 10.9. The SMILES string of the molecule is COc1ccccc1N1C[C@H](C(=O)Oc2ccc(N3C(=O)[C@H]4CCCC[C@@H]4C3=O)cc2)CC1=O. The smallest absolute Gasteiger partial charge is 0.316 e. The van der Waals surface area contributed by atoms with Gasteiger partial charge in [-0.3, -0.25) is 24.1 Å². The van der Waals surface area contributed by atoms with Gasteiger partial charge in [0.2, 0.25) is 17.7 Å². The number of methoxy groups -OCH3 is 1. The van der Waals surface area contributed by atoms with E-state index in [9.17, 15) is 19.2 Å². The Kier molecular flexibility index (Phi) is 5.81. The Balaban J connectivity index is 1.25. The van der Waals surface area contributed by atoms with Gasteiger partial charge in [-0.1, -0.05) is 25.0 Å². The van der Waals surface area contributed by atoms with Gasteiger partial charge in [-0.2, -0.15) is 0 Å². The number of benzene rings is 2.